The molecule has 110 valence electrons. The van der Waals surface area contributed by atoms with E-state index in [2.05, 4.69) is 10.3 Å². The summed E-state index contributed by atoms with van der Waals surface area (Å²) in [4.78, 5) is 37.4. The van der Waals surface area contributed by atoms with Gasteiger partial charge in [-0.1, -0.05) is 18.2 Å². The standard InChI is InChI=1S/C14H15N3O4/c1-17-13(19)10(8-16-14(17)20)12(18)15-7-9-5-3-4-6-11(9)21-2/h3-6,8H,7H2,1-2H3,(H,15,18)(H,16,20). The quantitative estimate of drug-likeness (QED) is 0.829. The Labute approximate surface area is 120 Å². The van der Waals surface area contributed by atoms with Gasteiger partial charge in [0.15, 0.2) is 0 Å². The third kappa shape index (κ3) is 3.02. The number of para-hydroxylation sites is 1. The van der Waals surface area contributed by atoms with E-state index < -0.39 is 17.2 Å². The molecule has 0 atom stereocenters. The molecule has 7 nitrogen and oxygen atoms in total. The third-order valence-corrected chi connectivity index (χ3v) is 3.06. The van der Waals surface area contributed by atoms with E-state index in [9.17, 15) is 14.4 Å². The number of carbonyl (C=O) groups excluding carboxylic acids is 1. The van der Waals surface area contributed by atoms with Gasteiger partial charge in [0.1, 0.15) is 11.3 Å². The fourth-order valence-corrected chi connectivity index (χ4v) is 1.85. The van der Waals surface area contributed by atoms with Crippen molar-refractivity contribution in [3.05, 3.63) is 62.4 Å². The molecule has 1 heterocycles. The number of amides is 1. The van der Waals surface area contributed by atoms with Crippen LogP contribution >= 0.6 is 0 Å². The number of rotatable bonds is 4. The Hall–Kier alpha value is -2.83. The molecular weight excluding hydrogens is 274 g/mol. The Morgan fingerprint density at radius 3 is 2.76 bits per heavy atom. The highest BCUT2D eigenvalue weighted by Gasteiger charge is 2.13. The number of aromatic amines is 1. The Morgan fingerprint density at radius 1 is 1.33 bits per heavy atom. The summed E-state index contributed by atoms with van der Waals surface area (Å²) in [5.74, 6) is 0.0879. The average Bonchev–Trinajstić information content (AvgIpc) is 2.50. The lowest BCUT2D eigenvalue weighted by Gasteiger charge is -2.09. The molecule has 0 saturated heterocycles. The van der Waals surface area contributed by atoms with Crippen LogP contribution in [-0.2, 0) is 13.6 Å². The van der Waals surface area contributed by atoms with E-state index in [0.717, 1.165) is 16.3 Å². The first-order valence-electron chi connectivity index (χ1n) is 6.23. The average molecular weight is 289 g/mol. The van der Waals surface area contributed by atoms with Crippen LogP contribution in [0.15, 0.2) is 40.1 Å². The summed E-state index contributed by atoms with van der Waals surface area (Å²) in [6, 6.07) is 7.23. The zero-order chi connectivity index (χ0) is 15.4. The second-order valence-corrected chi connectivity index (χ2v) is 4.37. The van der Waals surface area contributed by atoms with Gasteiger partial charge in [0.25, 0.3) is 11.5 Å². The summed E-state index contributed by atoms with van der Waals surface area (Å²) >= 11 is 0. The van der Waals surface area contributed by atoms with Crippen LogP contribution < -0.4 is 21.3 Å². The molecule has 0 saturated carbocycles. The molecule has 0 aliphatic heterocycles. The maximum absolute atomic E-state index is 12.0. The van der Waals surface area contributed by atoms with Crippen LogP contribution in [0.2, 0.25) is 0 Å². The number of nitrogens with zero attached hydrogens (tertiary/aromatic N) is 1. The first kappa shape index (κ1) is 14.6. The number of carbonyl (C=O) groups is 1. The zero-order valence-corrected chi connectivity index (χ0v) is 11.7. The van der Waals surface area contributed by atoms with Gasteiger partial charge in [0.05, 0.1) is 7.11 Å². The summed E-state index contributed by atoms with van der Waals surface area (Å²) in [5, 5.41) is 2.62. The summed E-state index contributed by atoms with van der Waals surface area (Å²) in [7, 11) is 2.84. The summed E-state index contributed by atoms with van der Waals surface area (Å²) in [6.45, 7) is 0.213. The van der Waals surface area contributed by atoms with Crippen molar-refractivity contribution in [2.75, 3.05) is 7.11 Å². The highest BCUT2D eigenvalue weighted by molar-refractivity contribution is 5.93. The van der Waals surface area contributed by atoms with Gasteiger partial charge in [-0.3, -0.25) is 14.2 Å². The van der Waals surface area contributed by atoms with Crippen molar-refractivity contribution in [3.8, 4) is 5.75 Å². The van der Waals surface area contributed by atoms with Crippen LogP contribution in [0.5, 0.6) is 5.75 Å². The van der Waals surface area contributed by atoms with E-state index in [1.807, 2.05) is 18.2 Å². The van der Waals surface area contributed by atoms with Crippen molar-refractivity contribution in [3.63, 3.8) is 0 Å². The molecule has 0 fully saturated rings. The van der Waals surface area contributed by atoms with E-state index in [4.69, 9.17) is 4.74 Å². The Kier molecular flexibility index (Phi) is 4.22. The monoisotopic (exact) mass is 289 g/mol. The number of hydrogen-bond acceptors (Lipinski definition) is 4. The summed E-state index contributed by atoms with van der Waals surface area (Å²) < 4.78 is 6.02. The Morgan fingerprint density at radius 2 is 2.05 bits per heavy atom. The van der Waals surface area contributed by atoms with E-state index in [0.29, 0.717) is 5.75 Å². The number of methoxy groups -OCH3 is 1. The first-order chi connectivity index (χ1) is 10.0. The van der Waals surface area contributed by atoms with Crippen molar-refractivity contribution in [2.45, 2.75) is 6.54 Å². The predicted octanol–water partition coefficient (Wildman–Crippen LogP) is 0.0122. The molecule has 0 radical (unpaired) electrons. The molecule has 2 aromatic rings. The van der Waals surface area contributed by atoms with Crippen molar-refractivity contribution in [1.82, 2.24) is 14.9 Å². The van der Waals surface area contributed by atoms with Gasteiger partial charge in [-0.2, -0.15) is 0 Å². The van der Waals surface area contributed by atoms with Gasteiger partial charge in [0, 0.05) is 25.4 Å². The highest BCUT2D eigenvalue weighted by Crippen LogP contribution is 2.16. The molecule has 0 spiro atoms. The summed E-state index contributed by atoms with van der Waals surface area (Å²) in [5.41, 5.74) is -0.542. The number of nitrogens with one attached hydrogen (secondary N) is 2. The van der Waals surface area contributed by atoms with Gasteiger partial charge in [-0.25, -0.2) is 4.79 Å². The van der Waals surface area contributed by atoms with Crippen LogP contribution in [0.1, 0.15) is 15.9 Å². The van der Waals surface area contributed by atoms with E-state index in [-0.39, 0.29) is 12.1 Å². The lowest BCUT2D eigenvalue weighted by molar-refractivity contribution is 0.0948. The highest BCUT2D eigenvalue weighted by atomic mass is 16.5. The van der Waals surface area contributed by atoms with Gasteiger partial charge in [-0.05, 0) is 6.07 Å². The second-order valence-electron chi connectivity index (χ2n) is 4.37. The lowest BCUT2D eigenvalue weighted by Crippen LogP contribution is -2.38. The maximum atomic E-state index is 12.0. The Balaban J connectivity index is 2.18. The minimum atomic E-state index is -0.642. The molecule has 0 aliphatic rings. The fraction of sp³-hybridized carbons (Fsp3) is 0.214. The molecule has 1 aromatic carbocycles. The topological polar surface area (TPSA) is 93.2 Å². The number of hydrogen-bond donors (Lipinski definition) is 2. The summed E-state index contributed by atoms with van der Waals surface area (Å²) in [6.07, 6.45) is 1.11. The number of aromatic nitrogens is 2. The molecule has 0 bridgehead atoms. The molecule has 0 unspecified atom stereocenters. The second kappa shape index (κ2) is 6.08. The molecule has 7 heteroatoms. The maximum Gasteiger partial charge on any atom is 0.328 e. The number of ether oxygens (including phenoxy) is 1. The molecule has 2 rings (SSSR count). The van der Waals surface area contributed by atoms with Crippen LogP contribution in [0, 0.1) is 0 Å². The Bertz CT molecular complexity index is 776. The van der Waals surface area contributed by atoms with Gasteiger partial charge < -0.3 is 15.0 Å². The van der Waals surface area contributed by atoms with Crippen LogP contribution in [-0.4, -0.2) is 22.6 Å². The normalized spacial score (nSPS) is 10.2. The van der Waals surface area contributed by atoms with Crippen LogP contribution in [0.3, 0.4) is 0 Å². The molecule has 0 aliphatic carbocycles. The van der Waals surface area contributed by atoms with Crippen LogP contribution in [0.4, 0.5) is 0 Å². The molecule has 21 heavy (non-hydrogen) atoms. The van der Waals surface area contributed by atoms with Crippen molar-refractivity contribution in [2.24, 2.45) is 7.05 Å². The van der Waals surface area contributed by atoms with Crippen LogP contribution in [0.25, 0.3) is 0 Å². The van der Waals surface area contributed by atoms with Crippen molar-refractivity contribution in [1.29, 1.82) is 0 Å². The van der Waals surface area contributed by atoms with E-state index in [1.165, 1.54) is 7.05 Å². The number of H-pyrrole nitrogens is 1. The van der Waals surface area contributed by atoms with E-state index in [1.54, 1.807) is 13.2 Å². The minimum absolute atomic E-state index is 0.119. The molecular formula is C14H15N3O4. The number of benzene rings is 1. The largest absolute Gasteiger partial charge is 0.496 e. The van der Waals surface area contributed by atoms with Gasteiger partial charge in [-0.15, -0.1) is 0 Å². The van der Waals surface area contributed by atoms with E-state index >= 15 is 0 Å². The van der Waals surface area contributed by atoms with Gasteiger partial charge in [0.2, 0.25) is 0 Å². The predicted molar refractivity (Wildman–Crippen MR) is 76.5 cm³/mol. The van der Waals surface area contributed by atoms with Crippen molar-refractivity contribution < 1.29 is 9.53 Å². The molecule has 1 amide bonds. The smallest absolute Gasteiger partial charge is 0.328 e. The lowest BCUT2D eigenvalue weighted by atomic mass is 10.2. The van der Waals surface area contributed by atoms with Gasteiger partial charge >= 0.3 is 5.69 Å². The fourth-order valence-electron chi connectivity index (χ4n) is 1.85. The van der Waals surface area contributed by atoms with Crippen molar-refractivity contribution >= 4 is 5.91 Å². The first-order valence-corrected chi connectivity index (χ1v) is 6.23. The SMILES string of the molecule is COc1ccccc1CNC(=O)c1c[nH]c(=O)n(C)c1=O. The molecule has 1 aromatic heterocycles. The molecule has 2 N–H and O–H groups in total. The third-order valence-electron chi connectivity index (χ3n) is 3.06. The minimum Gasteiger partial charge on any atom is -0.496 e. The zero-order valence-electron chi connectivity index (χ0n) is 11.7.